The molecular formula is C13H16N4O. The Morgan fingerprint density at radius 3 is 2.78 bits per heavy atom. The lowest BCUT2D eigenvalue weighted by Crippen LogP contribution is -2.20. The zero-order chi connectivity index (χ0) is 13.1. The van der Waals surface area contributed by atoms with E-state index in [4.69, 9.17) is 0 Å². The van der Waals surface area contributed by atoms with Crippen molar-refractivity contribution in [2.24, 2.45) is 0 Å². The molecule has 94 valence electrons. The number of nitrogens with one attached hydrogen (secondary N) is 1. The van der Waals surface area contributed by atoms with Crippen LogP contribution >= 0.6 is 0 Å². The van der Waals surface area contributed by atoms with E-state index in [1.54, 1.807) is 10.9 Å². The van der Waals surface area contributed by atoms with Gasteiger partial charge < -0.3 is 5.32 Å². The summed E-state index contributed by atoms with van der Waals surface area (Å²) in [6.45, 7) is 6.01. The minimum atomic E-state index is -0.0997. The van der Waals surface area contributed by atoms with Crippen molar-refractivity contribution in [2.75, 3.05) is 5.32 Å². The van der Waals surface area contributed by atoms with Crippen LogP contribution in [0.3, 0.4) is 0 Å². The van der Waals surface area contributed by atoms with E-state index in [0.29, 0.717) is 0 Å². The normalized spacial score (nSPS) is 10.4. The van der Waals surface area contributed by atoms with Crippen LogP contribution in [-0.2, 0) is 11.3 Å². The van der Waals surface area contributed by atoms with Crippen LogP contribution in [0.15, 0.2) is 24.4 Å². The van der Waals surface area contributed by atoms with Crippen molar-refractivity contribution in [2.45, 2.75) is 27.3 Å². The third-order valence-electron chi connectivity index (χ3n) is 2.77. The Kier molecular flexibility index (Phi) is 3.41. The second kappa shape index (κ2) is 5.00. The van der Waals surface area contributed by atoms with E-state index in [-0.39, 0.29) is 12.5 Å². The molecule has 2 aromatic rings. The van der Waals surface area contributed by atoms with E-state index >= 15 is 0 Å². The van der Waals surface area contributed by atoms with Crippen molar-refractivity contribution in [3.63, 3.8) is 0 Å². The Morgan fingerprint density at radius 1 is 1.33 bits per heavy atom. The summed E-state index contributed by atoms with van der Waals surface area (Å²) in [5.41, 5.74) is 3.88. The molecule has 0 aliphatic rings. The second-order valence-electron chi connectivity index (χ2n) is 4.40. The van der Waals surface area contributed by atoms with Gasteiger partial charge in [0, 0.05) is 5.69 Å². The Balaban J connectivity index is 2.08. The number of amides is 1. The molecule has 1 N–H and O–H groups in total. The summed E-state index contributed by atoms with van der Waals surface area (Å²) in [6.07, 6.45) is 1.63. The zero-order valence-electron chi connectivity index (χ0n) is 10.8. The molecule has 0 spiro atoms. The summed E-state index contributed by atoms with van der Waals surface area (Å²) in [5.74, 6) is -0.0997. The molecule has 0 bridgehead atoms. The first-order valence-electron chi connectivity index (χ1n) is 5.78. The number of aromatic nitrogens is 3. The maximum Gasteiger partial charge on any atom is 0.246 e. The minimum absolute atomic E-state index is 0.0997. The third-order valence-corrected chi connectivity index (χ3v) is 2.77. The molecule has 2 rings (SSSR count). The number of carbonyl (C=O) groups is 1. The monoisotopic (exact) mass is 244 g/mol. The maximum atomic E-state index is 11.9. The highest BCUT2D eigenvalue weighted by Crippen LogP contribution is 2.16. The molecular weight excluding hydrogens is 228 g/mol. The first-order chi connectivity index (χ1) is 8.56. The van der Waals surface area contributed by atoms with Gasteiger partial charge in [0.2, 0.25) is 5.91 Å². The Labute approximate surface area is 106 Å². The average Bonchev–Trinajstić information content (AvgIpc) is 2.70. The van der Waals surface area contributed by atoms with Gasteiger partial charge in [-0.3, -0.25) is 4.79 Å². The van der Waals surface area contributed by atoms with Crippen molar-refractivity contribution >= 4 is 11.6 Å². The molecule has 1 aromatic heterocycles. The zero-order valence-corrected chi connectivity index (χ0v) is 10.8. The third kappa shape index (κ3) is 2.74. The van der Waals surface area contributed by atoms with Gasteiger partial charge in [0.1, 0.15) is 6.54 Å². The van der Waals surface area contributed by atoms with Crippen LogP contribution in [0.2, 0.25) is 0 Å². The lowest BCUT2D eigenvalue weighted by Gasteiger charge is -2.09. The Hall–Kier alpha value is -2.17. The summed E-state index contributed by atoms with van der Waals surface area (Å²) < 4.78 is 1.57. The molecule has 0 unspecified atom stereocenters. The topological polar surface area (TPSA) is 59.8 Å². The van der Waals surface area contributed by atoms with E-state index in [9.17, 15) is 4.79 Å². The van der Waals surface area contributed by atoms with Gasteiger partial charge in [0.15, 0.2) is 0 Å². The first kappa shape index (κ1) is 12.3. The number of carbonyl (C=O) groups excluding carboxylic acids is 1. The summed E-state index contributed by atoms with van der Waals surface area (Å²) in [6, 6.07) is 5.97. The van der Waals surface area contributed by atoms with Crippen LogP contribution in [0.1, 0.15) is 16.8 Å². The Bertz CT molecular complexity index is 574. The molecule has 0 saturated carbocycles. The van der Waals surface area contributed by atoms with Crippen LogP contribution in [0.5, 0.6) is 0 Å². The van der Waals surface area contributed by atoms with Crippen LogP contribution in [0.25, 0.3) is 0 Å². The Morgan fingerprint density at radius 2 is 2.11 bits per heavy atom. The van der Waals surface area contributed by atoms with Crippen molar-refractivity contribution < 1.29 is 4.79 Å². The molecule has 0 fully saturated rings. The number of rotatable bonds is 3. The van der Waals surface area contributed by atoms with Crippen LogP contribution in [0.4, 0.5) is 5.69 Å². The quantitative estimate of drug-likeness (QED) is 0.896. The van der Waals surface area contributed by atoms with E-state index in [2.05, 4.69) is 15.6 Å². The number of nitrogens with zero attached hydrogens (tertiary/aromatic N) is 3. The smallest absolute Gasteiger partial charge is 0.246 e. The molecule has 1 aromatic carbocycles. The van der Waals surface area contributed by atoms with E-state index < -0.39 is 0 Å². The van der Waals surface area contributed by atoms with Gasteiger partial charge in [0.25, 0.3) is 0 Å². The molecule has 0 atom stereocenters. The molecule has 0 aliphatic carbocycles. The molecule has 1 amide bonds. The molecule has 18 heavy (non-hydrogen) atoms. The van der Waals surface area contributed by atoms with Crippen LogP contribution < -0.4 is 5.32 Å². The highest BCUT2D eigenvalue weighted by molar-refractivity contribution is 5.91. The molecule has 1 heterocycles. The van der Waals surface area contributed by atoms with Gasteiger partial charge in [-0.15, -0.1) is 5.10 Å². The van der Waals surface area contributed by atoms with Crippen LogP contribution in [-0.4, -0.2) is 20.9 Å². The van der Waals surface area contributed by atoms with Gasteiger partial charge in [-0.2, -0.15) is 0 Å². The van der Waals surface area contributed by atoms with Crippen molar-refractivity contribution in [3.05, 3.63) is 41.2 Å². The first-order valence-corrected chi connectivity index (χ1v) is 5.78. The molecule has 5 nitrogen and oxygen atoms in total. The number of aryl methyl sites for hydroxylation is 3. The fourth-order valence-electron chi connectivity index (χ4n) is 1.66. The summed E-state index contributed by atoms with van der Waals surface area (Å²) in [5, 5.41) is 10.5. The number of hydrogen-bond acceptors (Lipinski definition) is 3. The number of benzene rings is 1. The van der Waals surface area contributed by atoms with Crippen molar-refractivity contribution in [1.29, 1.82) is 0 Å². The minimum Gasteiger partial charge on any atom is -0.324 e. The molecule has 0 aliphatic heterocycles. The van der Waals surface area contributed by atoms with E-state index in [0.717, 1.165) is 22.5 Å². The van der Waals surface area contributed by atoms with Crippen molar-refractivity contribution in [3.8, 4) is 0 Å². The lowest BCUT2D eigenvalue weighted by molar-refractivity contribution is -0.117. The maximum absolute atomic E-state index is 11.9. The summed E-state index contributed by atoms with van der Waals surface area (Å²) >= 11 is 0. The summed E-state index contributed by atoms with van der Waals surface area (Å²) in [7, 11) is 0. The predicted molar refractivity (Wildman–Crippen MR) is 69.3 cm³/mol. The van der Waals surface area contributed by atoms with Crippen LogP contribution in [0, 0.1) is 20.8 Å². The lowest BCUT2D eigenvalue weighted by atomic mass is 10.1. The highest BCUT2D eigenvalue weighted by atomic mass is 16.2. The van der Waals surface area contributed by atoms with Crippen molar-refractivity contribution in [1.82, 2.24) is 15.0 Å². The van der Waals surface area contributed by atoms with Gasteiger partial charge in [-0.25, -0.2) is 4.68 Å². The molecule has 0 radical (unpaired) electrons. The van der Waals surface area contributed by atoms with Gasteiger partial charge >= 0.3 is 0 Å². The van der Waals surface area contributed by atoms with Gasteiger partial charge in [-0.05, 0) is 38.0 Å². The van der Waals surface area contributed by atoms with E-state index in [1.165, 1.54) is 0 Å². The largest absolute Gasteiger partial charge is 0.324 e. The van der Waals surface area contributed by atoms with Gasteiger partial charge in [-0.1, -0.05) is 17.3 Å². The molecule has 0 saturated heterocycles. The standard InChI is InChI=1S/C13H16N4O/c1-9-4-5-10(2)12(6-9)15-13(18)8-17-11(3)7-14-16-17/h4-7H,8H2,1-3H3,(H,15,18). The fraction of sp³-hybridized carbons (Fsp3) is 0.308. The number of hydrogen-bond donors (Lipinski definition) is 1. The second-order valence-corrected chi connectivity index (χ2v) is 4.40. The number of anilines is 1. The fourth-order valence-corrected chi connectivity index (χ4v) is 1.66. The van der Waals surface area contributed by atoms with Gasteiger partial charge in [0.05, 0.1) is 11.9 Å². The average molecular weight is 244 g/mol. The SMILES string of the molecule is Cc1ccc(C)c(NC(=O)Cn2nncc2C)c1. The summed E-state index contributed by atoms with van der Waals surface area (Å²) in [4.78, 5) is 11.9. The molecule has 5 heteroatoms. The van der Waals surface area contributed by atoms with E-state index in [1.807, 2.05) is 39.0 Å². The predicted octanol–water partition coefficient (Wildman–Crippen LogP) is 1.84. The highest BCUT2D eigenvalue weighted by Gasteiger charge is 2.08.